The van der Waals surface area contributed by atoms with Crippen molar-refractivity contribution in [2.45, 2.75) is 46.3 Å². The van der Waals surface area contributed by atoms with Crippen LogP contribution in [0.4, 0.5) is 13.6 Å². The van der Waals surface area contributed by atoms with Gasteiger partial charge in [0.05, 0.1) is 6.54 Å². The van der Waals surface area contributed by atoms with Crippen LogP contribution in [0.1, 0.15) is 34.6 Å². The number of hydrogen-bond donors (Lipinski definition) is 1. The van der Waals surface area contributed by atoms with E-state index in [-0.39, 0.29) is 24.8 Å². The third-order valence-corrected chi connectivity index (χ3v) is 3.00. The second-order valence-electron chi connectivity index (χ2n) is 6.95. The van der Waals surface area contributed by atoms with Crippen molar-refractivity contribution < 1.29 is 32.6 Å². The van der Waals surface area contributed by atoms with Gasteiger partial charge in [0.1, 0.15) is 18.0 Å². The number of rotatable bonds is 7. The van der Waals surface area contributed by atoms with Crippen molar-refractivity contribution in [3.63, 3.8) is 0 Å². The summed E-state index contributed by atoms with van der Waals surface area (Å²) in [5, 5.41) is 2.45. The Bertz CT molecular complexity index is 628. The Morgan fingerprint density at radius 1 is 1.19 bits per heavy atom. The molecule has 0 saturated heterocycles. The van der Waals surface area contributed by atoms with Crippen molar-refractivity contribution in [3.05, 3.63) is 29.8 Å². The lowest BCUT2D eigenvalue weighted by molar-refractivity contribution is -0.154. The molecule has 0 fully saturated rings. The highest BCUT2D eigenvalue weighted by Crippen LogP contribution is 2.21. The molecule has 8 heteroatoms. The molecule has 1 amide bonds. The molecule has 0 radical (unpaired) electrons. The van der Waals surface area contributed by atoms with Crippen molar-refractivity contribution in [3.8, 4) is 5.75 Å². The van der Waals surface area contributed by atoms with Gasteiger partial charge in [0.2, 0.25) is 0 Å². The molecule has 0 heterocycles. The second kappa shape index (κ2) is 9.35. The monoisotopic (exact) mass is 373 g/mol. The highest BCUT2D eigenvalue weighted by atomic mass is 19.1. The Hall–Kier alpha value is -2.38. The lowest BCUT2D eigenvalue weighted by Crippen LogP contribution is -2.37. The summed E-state index contributed by atoms with van der Waals surface area (Å²) in [6.07, 6.45) is -1.70. The number of alkyl carbamates (subject to hydrolysis) is 1. The number of carbonyl (C=O) groups excluding carboxylic acids is 2. The van der Waals surface area contributed by atoms with Gasteiger partial charge in [0, 0.05) is 12.0 Å². The van der Waals surface area contributed by atoms with E-state index in [2.05, 4.69) is 5.32 Å². The van der Waals surface area contributed by atoms with E-state index >= 15 is 0 Å². The second-order valence-corrected chi connectivity index (χ2v) is 6.95. The SMILES string of the molecule is CC(C)[C@H](Oc1ccc(F)cc1F)C(=O)OCCNC(=O)OC(C)(C)C. The van der Waals surface area contributed by atoms with Crippen molar-refractivity contribution in [1.29, 1.82) is 0 Å². The molecule has 1 N–H and O–H groups in total. The molecular formula is C18H25F2NO5. The van der Waals surface area contributed by atoms with Gasteiger partial charge in [-0.05, 0) is 32.9 Å². The Morgan fingerprint density at radius 3 is 2.38 bits per heavy atom. The van der Waals surface area contributed by atoms with Crippen LogP contribution in [-0.4, -0.2) is 36.9 Å². The van der Waals surface area contributed by atoms with Crippen LogP contribution in [0.3, 0.4) is 0 Å². The van der Waals surface area contributed by atoms with E-state index in [1.165, 1.54) is 0 Å². The summed E-state index contributed by atoms with van der Waals surface area (Å²) < 4.78 is 42.1. The molecular weight excluding hydrogens is 348 g/mol. The van der Waals surface area contributed by atoms with Crippen LogP contribution >= 0.6 is 0 Å². The summed E-state index contributed by atoms with van der Waals surface area (Å²) in [6.45, 7) is 8.54. The molecule has 0 aliphatic rings. The van der Waals surface area contributed by atoms with Crippen LogP contribution in [-0.2, 0) is 14.3 Å². The Labute approximate surface area is 151 Å². The van der Waals surface area contributed by atoms with Crippen LogP contribution in [0.15, 0.2) is 18.2 Å². The Kier molecular flexibility index (Phi) is 7.79. The van der Waals surface area contributed by atoms with Crippen LogP contribution < -0.4 is 10.1 Å². The number of carbonyl (C=O) groups is 2. The molecule has 1 atom stereocenters. The van der Waals surface area contributed by atoms with Gasteiger partial charge in [0.15, 0.2) is 17.7 Å². The molecule has 0 aliphatic heterocycles. The Balaban J connectivity index is 2.52. The van der Waals surface area contributed by atoms with Gasteiger partial charge in [-0.2, -0.15) is 0 Å². The van der Waals surface area contributed by atoms with E-state index in [1.54, 1.807) is 34.6 Å². The zero-order valence-corrected chi connectivity index (χ0v) is 15.6. The largest absolute Gasteiger partial charge is 0.475 e. The number of nitrogens with one attached hydrogen (secondary N) is 1. The lowest BCUT2D eigenvalue weighted by atomic mass is 10.1. The number of amides is 1. The molecule has 1 rings (SSSR count). The molecule has 1 aromatic rings. The third-order valence-electron chi connectivity index (χ3n) is 3.00. The number of ether oxygens (including phenoxy) is 3. The minimum atomic E-state index is -1.07. The summed E-state index contributed by atoms with van der Waals surface area (Å²) >= 11 is 0. The first-order valence-electron chi connectivity index (χ1n) is 8.25. The van der Waals surface area contributed by atoms with E-state index in [0.717, 1.165) is 12.1 Å². The van der Waals surface area contributed by atoms with Crippen LogP contribution in [0.5, 0.6) is 5.75 Å². The first-order valence-corrected chi connectivity index (χ1v) is 8.25. The fraction of sp³-hybridized carbons (Fsp3) is 0.556. The predicted molar refractivity (Wildman–Crippen MR) is 90.8 cm³/mol. The molecule has 0 aromatic heterocycles. The molecule has 0 aliphatic carbocycles. The fourth-order valence-electron chi connectivity index (χ4n) is 1.86. The number of benzene rings is 1. The van der Waals surface area contributed by atoms with E-state index < -0.39 is 35.4 Å². The average molecular weight is 373 g/mol. The van der Waals surface area contributed by atoms with Gasteiger partial charge < -0.3 is 19.5 Å². The zero-order chi connectivity index (χ0) is 19.9. The number of hydrogen-bond acceptors (Lipinski definition) is 5. The van der Waals surface area contributed by atoms with Crippen molar-refractivity contribution in [2.24, 2.45) is 5.92 Å². The predicted octanol–water partition coefficient (Wildman–Crippen LogP) is 3.44. The van der Waals surface area contributed by atoms with Crippen LogP contribution in [0.25, 0.3) is 0 Å². The molecule has 0 unspecified atom stereocenters. The lowest BCUT2D eigenvalue weighted by Gasteiger charge is -2.22. The molecule has 0 bridgehead atoms. The summed E-state index contributed by atoms with van der Waals surface area (Å²) in [5.74, 6) is -2.92. The zero-order valence-electron chi connectivity index (χ0n) is 15.6. The maximum absolute atomic E-state index is 13.7. The van der Waals surface area contributed by atoms with Gasteiger partial charge in [0.25, 0.3) is 0 Å². The maximum Gasteiger partial charge on any atom is 0.407 e. The minimum absolute atomic E-state index is 0.0520. The van der Waals surface area contributed by atoms with Crippen molar-refractivity contribution in [2.75, 3.05) is 13.2 Å². The average Bonchev–Trinajstić information content (AvgIpc) is 2.48. The quantitative estimate of drug-likeness (QED) is 0.585. The molecule has 0 spiro atoms. The molecule has 6 nitrogen and oxygen atoms in total. The summed E-state index contributed by atoms with van der Waals surface area (Å²) in [6, 6.07) is 2.81. The van der Waals surface area contributed by atoms with Crippen molar-refractivity contribution >= 4 is 12.1 Å². The van der Waals surface area contributed by atoms with E-state index in [1.807, 2.05) is 0 Å². The molecule has 0 saturated carbocycles. The number of esters is 1. The molecule has 1 aromatic carbocycles. The fourth-order valence-corrected chi connectivity index (χ4v) is 1.86. The summed E-state index contributed by atoms with van der Waals surface area (Å²) in [4.78, 5) is 23.6. The normalized spacial score (nSPS) is 12.5. The highest BCUT2D eigenvalue weighted by molar-refractivity contribution is 5.75. The van der Waals surface area contributed by atoms with Crippen molar-refractivity contribution in [1.82, 2.24) is 5.32 Å². The molecule has 146 valence electrons. The van der Waals surface area contributed by atoms with Gasteiger partial charge in [-0.1, -0.05) is 13.8 Å². The smallest absolute Gasteiger partial charge is 0.407 e. The minimum Gasteiger partial charge on any atom is -0.475 e. The summed E-state index contributed by atoms with van der Waals surface area (Å²) in [7, 11) is 0. The standard InChI is InChI=1S/C18H25F2NO5/c1-11(2)15(25-14-7-6-12(19)10-13(14)20)16(22)24-9-8-21-17(23)26-18(3,4)5/h6-7,10-11,15H,8-9H2,1-5H3,(H,21,23)/t15-/m0/s1. The number of halogens is 2. The van der Waals surface area contributed by atoms with Gasteiger partial charge in [-0.3, -0.25) is 0 Å². The third kappa shape index (κ3) is 7.67. The van der Waals surface area contributed by atoms with E-state index in [9.17, 15) is 18.4 Å². The van der Waals surface area contributed by atoms with Crippen LogP contribution in [0.2, 0.25) is 0 Å². The van der Waals surface area contributed by atoms with Gasteiger partial charge in [-0.15, -0.1) is 0 Å². The van der Waals surface area contributed by atoms with Gasteiger partial charge >= 0.3 is 12.1 Å². The topological polar surface area (TPSA) is 73.9 Å². The van der Waals surface area contributed by atoms with E-state index in [0.29, 0.717) is 6.07 Å². The first-order chi connectivity index (χ1) is 12.0. The Morgan fingerprint density at radius 2 is 1.85 bits per heavy atom. The summed E-state index contributed by atoms with van der Waals surface area (Å²) in [5.41, 5.74) is -0.628. The van der Waals surface area contributed by atoms with Crippen LogP contribution in [0, 0.1) is 17.6 Å². The highest BCUT2D eigenvalue weighted by Gasteiger charge is 2.27. The van der Waals surface area contributed by atoms with Gasteiger partial charge in [-0.25, -0.2) is 18.4 Å². The molecule has 26 heavy (non-hydrogen) atoms. The van der Waals surface area contributed by atoms with E-state index in [4.69, 9.17) is 14.2 Å². The maximum atomic E-state index is 13.7. The first kappa shape index (κ1) is 21.7.